The van der Waals surface area contributed by atoms with Crippen LogP contribution >= 0.6 is 0 Å². The Hall–Kier alpha value is -5.18. The number of ether oxygens (including phenoxy) is 2. The van der Waals surface area contributed by atoms with Gasteiger partial charge in [0.15, 0.2) is 0 Å². The summed E-state index contributed by atoms with van der Waals surface area (Å²) in [6.45, 7) is 4.67. The summed E-state index contributed by atoms with van der Waals surface area (Å²) in [6, 6.07) is 26.8. The topological polar surface area (TPSA) is 75.8 Å². The number of halogens is 2. The normalized spacial score (nSPS) is 13.9. The Morgan fingerprint density at radius 1 is 0.609 bits per heavy atom. The molecule has 6 nitrogen and oxygen atoms in total. The summed E-state index contributed by atoms with van der Waals surface area (Å²) in [5, 5.41) is 0. The van der Waals surface area contributed by atoms with E-state index in [2.05, 4.69) is 16.0 Å². The maximum absolute atomic E-state index is 13.4. The molecule has 0 radical (unpaired) electrons. The zero-order valence-electron chi connectivity index (χ0n) is 25.4. The van der Waals surface area contributed by atoms with Gasteiger partial charge in [-0.25, -0.2) is 18.7 Å². The zero-order chi connectivity index (χ0) is 31.6. The molecular weight excluding hydrogens is 582 g/mol. The fourth-order valence-electron chi connectivity index (χ4n) is 5.58. The first-order valence-electron chi connectivity index (χ1n) is 15.2. The average Bonchev–Trinajstić information content (AvgIpc) is 3.85. The molecule has 8 heteroatoms. The van der Waals surface area contributed by atoms with Crippen LogP contribution in [0.1, 0.15) is 59.4 Å². The maximum Gasteiger partial charge on any atom is 0.123 e. The first kappa shape index (κ1) is 29.5. The highest BCUT2D eigenvalue weighted by Crippen LogP contribution is 2.30. The number of nitrogens with one attached hydrogen (secondary N) is 2. The van der Waals surface area contributed by atoms with Crippen molar-refractivity contribution in [2.45, 2.75) is 39.3 Å². The smallest absolute Gasteiger partial charge is 0.123 e. The predicted molar refractivity (Wildman–Crippen MR) is 178 cm³/mol. The average molecular weight is 615 g/mol. The molecule has 0 saturated carbocycles. The SMILES string of the molecule is CC(OCc1ccc(F)cc1)C1=Cc2cc3[nH]c(cc4nc(cc5ccc(cc1n2)[nH]5)C=C4)cc3C(C)OCc1ccc(F)cc1. The van der Waals surface area contributed by atoms with Gasteiger partial charge in [-0.05, 0) is 110 Å². The Balaban J connectivity index is 1.30. The van der Waals surface area contributed by atoms with Crippen LogP contribution in [0.2, 0.25) is 0 Å². The molecule has 2 N–H and O–H groups in total. The minimum Gasteiger partial charge on any atom is -0.369 e. The Labute approximate surface area is 265 Å². The summed E-state index contributed by atoms with van der Waals surface area (Å²) >= 11 is 0. The number of hydrogen-bond donors (Lipinski definition) is 2. The van der Waals surface area contributed by atoms with Gasteiger partial charge >= 0.3 is 0 Å². The molecule has 0 fully saturated rings. The van der Waals surface area contributed by atoms with E-state index in [-0.39, 0.29) is 23.8 Å². The second-order valence-electron chi connectivity index (χ2n) is 11.5. The Morgan fingerprint density at radius 3 is 1.85 bits per heavy atom. The number of aromatic amines is 2. The fraction of sp³-hybridized carbons (Fsp3) is 0.158. The van der Waals surface area contributed by atoms with E-state index in [4.69, 9.17) is 19.4 Å². The van der Waals surface area contributed by atoms with E-state index >= 15 is 0 Å². The molecule has 5 aromatic rings. The molecular formula is C38H32F2N4O2. The van der Waals surface area contributed by atoms with Crippen LogP contribution in [0.15, 0.2) is 91.0 Å². The van der Waals surface area contributed by atoms with Crippen molar-refractivity contribution in [3.05, 3.63) is 142 Å². The molecule has 3 aromatic heterocycles. The monoisotopic (exact) mass is 614 g/mol. The quantitative estimate of drug-likeness (QED) is 0.179. The highest BCUT2D eigenvalue weighted by Gasteiger charge is 2.19. The minimum absolute atomic E-state index is 0.274. The predicted octanol–water partition coefficient (Wildman–Crippen LogP) is 9.19. The van der Waals surface area contributed by atoms with E-state index < -0.39 is 0 Å². The number of fused-ring (bicyclic) bond motifs is 8. The lowest BCUT2D eigenvalue weighted by Gasteiger charge is -2.14. The molecule has 0 saturated heterocycles. The molecule has 5 heterocycles. The fourth-order valence-corrected chi connectivity index (χ4v) is 5.58. The van der Waals surface area contributed by atoms with Gasteiger partial charge < -0.3 is 19.4 Å². The van der Waals surface area contributed by atoms with Gasteiger partial charge in [0.25, 0.3) is 0 Å². The molecule has 0 spiro atoms. The number of rotatable bonds is 8. The van der Waals surface area contributed by atoms with Gasteiger partial charge in [0.2, 0.25) is 0 Å². The van der Waals surface area contributed by atoms with Crippen molar-refractivity contribution >= 4 is 45.9 Å². The lowest BCUT2D eigenvalue weighted by Crippen LogP contribution is -2.10. The number of H-pyrrole nitrogens is 2. The van der Waals surface area contributed by atoms with E-state index in [0.717, 1.165) is 67.1 Å². The van der Waals surface area contributed by atoms with Gasteiger partial charge in [-0.1, -0.05) is 24.3 Å². The molecule has 8 bridgehead atoms. The summed E-state index contributed by atoms with van der Waals surface area (Å²) in [5.41, 5.74) is 10.5. The highest BCUT2D eigenvalue weighted by molar-refractivity contribution is 5.87. The summed E-state index contributed by atoms with van der Waals surface area (Å²) in [7, 11) is 0. The second-order valence-corrected chi connectivity index (χ2v) is 11.5. The molecule has 2 atom stereocenters. The maximum atomic E-state index is 13.4. The van der Waals surface area contributed by atoms with Crippen LogP contribution in [0.3, 0.4) is 0 Å². The van der Waals surface area contributed by atoms with Crippen molar-refractivity contribution in [2.75, 3.05) is 0 Å². The third-order valence-corrected chi connectivity index (χ3v) is 8.06. The zero-order valence-corrected chi connectivity index (χ0v) is 25.4. The molecule has 7 rings (SSSR count). The van der Waals surface area contributed by atoms with Crippen LogP contribution in [0.25, 0.3) is 45.9 Å². The third-order valence-electron chi connectivity index (χ3n) is 8.06. The number of benzene rings is 2. The largest absolute Gasteiger partial charge is 0.369 e. The highest BCUT2D eigenvalue weighted by atomic mass is 19.1. The van der Waals surface area contributed by atoms with E-state index in [1.807, 2.05) is 68.5 Å². The summed E-state index contributed by atoms with van der Waals surface area (Å²) in [6.07, 6.45) is 5.46. The summed E-state index contributed by atoms with van der Waals surface area (Å²) < 4.78 is 39.4. The van der Waals surface area contributed by atoms with Crippen molar-refractivity contribution in [1.29, 1.82) is 0 Å². The van der Waals surface area contributed by atoms with Crippen molar-refractivity contribution in [1.82, 2.24) is 19.9 Å². The Kier molecular flexibility index (Phi) is 8.13. The van der Waals surface area contributed by atoms with Crippen molar-refractivity contribution < 1.29 is 18.3 Å². The minimum atomic E-state index is -0.286. The second kappa shape index (κ2) is 12.7. The summed E-state index contributed by atoms with van der Waals surface area (Å²) in [5.74, 6) is -0.553. The molecule has 0 aliphatic carbocycles. The molecule has 46 heavy (non-hydrogen) atoms. The molecule has 2 aromatic carbocycles. The van der Waals surface area contributed by atoms with E-state index in [1.165, 1.54) is 24.3 Å². The van der Waals surface area contributed by atoms with Crippen LogP contribution in [0.4, 0.5) is 8.78 Å². The first-order valence-corrected chi connectivity index (χ1v) is 15.2. The van der Waals surface area contributed by atoms with Gasteiger partial charge in [-0.15, -0.1) is 0 Å². The van der Waals surface area contributed by atoms with Crippen LogP contribution in [0, 0.1) is 11.6 Å². The molecule has 2 aliphatic heterocycles. The number of aromatic nitrogens is 4. The van der Waals surface area contributed by atoms with E-state index in [0.29, 0.717) is 13.2 Å². The van der Waals surface area contributed by atoms with Crippen molar-refractivity contribution in [3.8, 4) is 0 Å². The lowest BCUT2D eigenvalue weighted by molar-refractivity contribution is 0.0535. The number of nitrogens with zero attached hydrogens (tertiary/aromatic N) is 2. The van der Waals surface area contributed by atoms with Gasteiger partial charge in [-0.2, -0.15) is 0 Å². The van der Waals surface area contributed by atoms with Crippen LogP contribution in [-0.4, -0.2) is 26.0 Å². The summed E-state index contributed by atoms with van der Waals surface area (Å²) in [4.78, 5) is 16.8. The molecule has 0 amide bonds. The van der Waals surface area contributed by atoms with Crippen molar-refractivity contribution in [2.24, 2.45) is 0 Å². The van der Waals surface area contributed by atoms with Gasteiger partial charge in [0.1, 0.15) is 11.6 Å². The molecule has 230 valence electrons. The van der Waals surface area contributed by atoms with Gasteiger partial charge in [0, 0.05) is 33.2 Å². The van der Waals surface area contributed by atoms with Crippen LogP contribution in [0.5, 0.6) is 0 Å². The number of hydrogen-bond acceptors (Lipinski definition) is 4. The Morgan fingerprint density at radius 2 is 1.20 bits per heavy atom. The molecule has 2 aliphatic rings. The van der Waals surface area contributed by atoms with E-state index in [9.17, 15) is 8.78 Å². The van der Waals surface area contributed by atoms with Gasteiger partial charge in [0.05, 0.1) is 48.2 Å². The van der Waals surface area contributed by atoms with E-state index in [1.54, 1.807) is 24.3 Å². The molecule has 2 unspecified atom stereocenters. The van der Waals surface area contributed by atoms with Gasteiger partial charge in [-0.3, -0.25) is 0 Å². The van der Waals surface area contributed by atoms with Crippen LogP contribution < -0.4 is 0 Å². The first-order chi connectivity index (χ1) is 22.3. The van der Waals surface area contributed by atoms with Crippen LogP contribution in [-0.2, 0) is 22.7 Å². The standard InChI is InChI=1S/C38H32F2N4O2/c1-23(45-21-25-3-7-27(39)8-4-25)35-17-33-16-31-12-11-29(41-31)15-30-13-14-32(42-30)19-37-36(18-34(44-37)20-38(35)43-33)24(2)46-22-26-5-9-28(40)10-6-26/h3-20,23-24,42-43H,21-22H2,1-2H3. The third kappa shape index (κ3) is 6.73. The van der Waals surface area contributed by atoms with Crippen molar-refractivity contribution in [3.63, 3.8) is 0 Å². The Bertz CT molecular complexity index is 2110. The lowest BCUT2D eigenvalue weighted by atomic mass is 10.1.